The number of nitrogens with two attached hydrogens (primary N) is 4. The van der Waals surface area contributed by atoms with Gasteiger partial charge in [0.05, 0.1) is 0 Å². The van der Waals surface area contributed by atoms with Crippen molar-refractivity contribution in [2.24, 2.45) is 40.7 Å². The maximum Gasteiger partial charge on any atom is 0.0189 e. The van der Waals surface area contributed by atoms with Crippen molar-refractivity contribution in [3.05, 3.63) is 0 Å². The molecule has 3 saturated carbocycles. The summed E-state index contributed by atoms with van der Waals surface area (Å²) in [5.41, 5.74) is 25.6. The number of rotatable bonds is 3. The Kier molecular flexibility index (Phi) is 5.67. The Balaban J connectivity index is 1.75. The first-order valence-electron chi connectivity index (χ1n) is 10.0. The molecule has 23 heavy (non-hydrogen) atoms. The summed E-state index contributed by atoms with van der Waals surface area (Å²) in [6.45, 7) is 0. The second-order valence-corrected chi connectivity index (χ2v) is 8.95. The number of hydrogen-bond donors (Lipinski definition) is 4. The van der Waals surface area contributed by atoms with Gasteiger partial charge in [0, 0.05) is 23.7 Å². The normalized spacial score (nSPS) is 47.2. The Bertz CT molecular complexity index is 340. The van der Waals surface area contributed by atoms with Gasteiger partial charge in [0.25, 0.3) is 0 Å². The van der Waals surface area contributed by atoms with Crippen LogP contribution < -0.4 is 22.9 Å². The minimum atomic E-state index is 0.00801. The smallest absolute Gasteiger partial charge is 0.0189 e. The molecule has 0 aliphatic heterocycles. The summed E-state index contributed by atoms with van der Waals surface area (Å²) < 4.78 is 0. The molecule has 8 N–H and O–H groups in total. The molecule has 0 amide bonds. The summed E-state index contributed by atoms with van der Waals surface area (Å²) in [5, 5.41) is 0. The molecule has 0 atom stereocenters. The van der Waals surface area contributed by atoms with Crippen LogP contribution in [-0.2, 0) is 0 Å². The summed E-state index contributed by atoms with van der Waals surface area (Å²) in [5.74, 6) is 2.21. The molecule has 3 fully saturated rings. The fourth-order valence-electron chi connectivity index (χ4n) is 5.84. The van der Waals surface area contributed by atoms with E-state index in [0.29, 0.717) is 24.0 Å². The van der Waals surface area contributed by atoms with Crippen LogP contribution in [0.5, 0.6) is 0 Å². The van der Waals surface area contributed by atoms with Crippen LogP contribution in [-0.4, -0.2) is 23.7 Å². The molecule has 3 rings (SSSR count). The Hall–Kier alpha value is -0.160. The van der Waals surface area contributed by atoms with Crippen LogP contribution in [0.15, 0.2) is 0 Å². The molecule has 3 aliphatic carbocycles. The third-order valence-electron chi connectivity index (χ3n) is 7.27. The lowest BCUT2D eigenvalue weighted by Gasteiger charge is -2.51. The summed E-state index contributed by atoms with van der Waals surface area (Å²) in [6.07, 6.45) is 14.3. The van der Waals surface area contributed by atoms with E-state index in [-0.39, 0.29) is 5.54 Å². The van der Waals surface area contributed by atoms with Crippen molar-refractivity contribution in [1.82, 2.24) is 0 Å². The molecule has 4 nitrogen and oxygen atoms in total. The minimum absolute atomic E-state index is 0.00801. The first kappa shape index (κ1) is 17.7. The van der Waals surface area contributed by atoms with Crippen molar-refractivity contribution < 1.29 is 0 Å². The van der Waals surface area contributed by atoms with Gasteiger partial charge in [-0.1, -0.05) is 0 Å². The van der Waals surface area contributed by atoms with E-state index in [9.17, 15) is 0 Å². The molecule has 0 aromatic rings. The van der Waals surface area contributed by atoms with Crippen LogP contribution in [0.25, 0.3) is 0 Å². The zero-order chi connectivity index (χ0) is 16.4. The van der Waals surface area contributed by atoms with Crippen LogP contribution in [0, 0.1) is 17.8 Å². The summed E-state index contributed by atoms with van der Waals surface area (Å²) in [4.78, 5) is 0. The molecule has 4 heteroatoms. The van der Waals surface area contributed by atoms with Crippen LogP contribution in [0.3, 0.4) is 0 Å². The molecule has 0 spiro atoms. The molecule has 3 aliphatic rings. The molecular weight excluding hydrogens is 284 g/mol. The Morgan fingerprint density at radius 3 is 1.30 bits per heavy atom. The van der Waals surface area contributed by atoms with Gasteiger partial charge in [0.15, 0.2) is 0 Å². The topological polar surface area (TPSA) is 104 Å². The van der Waals surface area contributed by atoms with Crippen LogP contribution in [0.1, 0.15) is 77.0 Å². The van der Waals surface area contributed by atoms with E-state index in [4.69, 9.17) is 22.9 Å². The predicted octanol–water partition coefficient (Wildman–Crippen LogP) is 2.24. The van der Waals surface area contributed by atoms with E-state index in [0.717, 1.165) is 37.5 Å². The summed E-state index contributed by atoms with van der Waals surface area (Å²) in [7, 11) is 0. The van der Waals surface area contributed by atoms with Gasteiger partial charge in [0.1, 0.15) is 0 Å². The van der Waals surface area contributed by atoms with E-state index in [2.05, 4.69) is 0 Å². The zero-order valence-electron chi connectivity index (χ0n) is 14.8. The monoisotopic (exact) mass is 322 g/mol. The van der Waals surface area contributed by atoms with Gasteiger partial charge in [0.2, 0.25) is 0 Å². The van der Waals surface area contributed by atoms with Gasteiger partial charge in [-0.2, -0.15) is 0 Å². The van der Waals surface area contributed by atoms with Gasteiger partial charge in [-0.05, 0) is 94.8 Å². The quantitative estimate of drug-likeness (QED) is 0.639. The Morgan fingerprint density at radius 1 is 0.565 bits per heavy atom. The van der Waals surface area contributed by atoms with Crippen LogP contribution in [0.2, 0.25) is 0 Å². The third-order valence-corrected chi connectivity index (χ3v) is 7.27. The van der Waals surface area contributed by atoms with Gasteiger partial charge in [-0.15, -0.1) is 0 Å². The highest BCUT2D eigenvalue weighted by Crippen LogP contribution is 2.48. The fraction of sp³-hybridized carbons (Fsp3) is 1.00. The lowest BCUT2D eigenvalue weighted by molar-refractivity contribution is 0.0373. The SMILES string of the molecule is NC1CCC(C(C2CCC(N)CC2)C2(N)CCC(N)CC2)CC1. The molecule has 134 valence electrons. The first-order chi connectivity index (χ1) is 11.0. The van der Waals surface area contributed by atoms with E-state index in [1.54, 1.807) is 0 Å². The molecule has 0 radical (unpaired) electrons. The van der Waals surface area contributed by atoms with Crippen LogP contribution >= 0.6 is 0 Å². The molecule has 0 aromatic heterocycles. The maximum atomic E-state index is 7.08. The molecule has 0 unspecified atom stereocenters. The third kappa shape index (κ3) is 4.09. The molecule has 0 aromatic carbocycles. The second kappa shape index (κ2) is 7.38. The number of hydrogen-bond acceptors (Lipinski definition) is 4. The Morgan fingerprint density at radius 2 is 0.913 bits per heavy atom. The molecular formula is C19H38N4. The van der Waals surface area contributed by atoms with Crippen molar-refractivity contribution in [1.29, 1.82) is 0 Å². The second-order valence-electron chi connectivity index (χ2n) is 8.95. The van der Waals surface area contributed by atoms with Crippen molar-refractivity contribution in [2.45, 2.75) is 101 Å². The van der Waals surface area contributed by atoms with Crippen molar-refractivity contribution in [2.75, 3.05) is 0 Å². The fourth-order valence-corrected chi connectivity index (χ4v) is 5.84. The van der Waals surface area contributed by atoms with E-state index in [1.165, 1.54) is 51.4 Å². The lowest BCUT2D eigenvalue weighted by Crippen LogP contribution is -2.57. The summed E-state index contributed by atoms with van der Waals surface area (Å²) >= 11 is 0. The van der Waals surface area contributed by atoms with Gasteiger partial charge in [-0.3, -0.25) is 0 Å². The minimum Gasteiger partial charge on any atom is -0.328 e. The molecule has 0 saturated heterocycles. The maximum absolute atomic E-state index is 7.08. The van der Waals surface area contributed by atoms with Crippen molar-refractivity contribution in [3.8, 4) is 0 Å². The Labute approximate surface area is 142 Å². The van der Waals surface area contributed by atoms with E-state index in [1.807, 2.05) is 0 Å². The van der Waals surface area contributed by atoms with Gasteiger partial charge in [-0.25, -0.2) is 0 Å². The highest BCUT2D eigenvalue weighted by Gasteiger charge is 2.46. The predicted molar refractivity (Wildman–Crippen MR) is 96.7 cm³/mol. The molecule has 0 bridgehead atoms. The largest absolute Gasteiger partial charge is 0.328 e. The van der Waals surface area contributed by atoms with Crippen LogP contribution in [0.4, 0.5) is 0 Å². The van der Waals surface area contributed by atoms with Crippen molar-refractivity contribution >= 4 is 0 Å². The van der Waals surface area contributed by atoms with E-state index >= 15 is 0 Å². The van der Waals surface area contributed by atoms with Crippen molar-refractivity contribution in [3.63, 3.8) is 0 Å². The lowest BCUT2D eigenvalue weighted by atomic mass is 9.58. The summed E-state index contributed by atoms with van der Waals surface area (Å²) in [6, 6.07) is 1.20. The van der Waals surface area contributed by atoms with Gasteiger partial charge >= 0.3 is 0 Å². The average molecular weight is 323 g/mol. The zero-order valence-corrected chi connectivity index (χ0v) is 14.8. The van der Waals surface area contributed by atoms with E-state index < -0.39 is 0 Å². The first-order valence-corrected chi connectivity index (χ1v) is 10.0. The highest BCUT2D eigenvalue weighted by molar-refractivity contribution is 5.02. The molecule has 0 heterocycles. The standard InChI is InChI=1S/C19H38N4/c20-15-5-1-13(2-6-15)18(14-3-7-16(21)8-4-14)19(23)11-9-17(22)10-12-19/h13-18H,1-12,20-23H2. The highest BCUT2D eigenvalue weighted by atomic mass is 14.8. The van der Waals surface area contributed by atoms with Gasteiger partial charge < -0.3 is 22.9 Å². The average Bonchev–Trinajstić information content (AvgIpc) is 2.54.